The summed E-state index contributed by atoms with van der Waals surface area (Å²) in [6, 6.07) is 43.3. The Labute approximate surface area is 255 Å². The van der Waals surface area contributed by atoms with Gasteiger partial charge in [-0.2, -0.15) is 0 Å². The number of benzene rings is 6. The summed E-state index contributed by atoms with van der Waals surface area (Å²) in [6.45, 7) is 0. The summed E-state index contributed by atoms with van der Waals surface area (Å²) >= 11 is 1.85. The van der Waals surface area contributed by atoms with E-state index < -0.39 is 0 Å². The van der Waals surface area contributed by atoms with E-state index in [1.807, 2.05) is 23.6 Å². The average Bonchev–Trinajstić information content (AvgIpc) is 3.63. The number of thiophene rings is 1. The lowest BCUT2D eigenvalue weighted by Crippen LogP contribution is -2.04. The van der Waals surface area contributed by atoms with Crippen LogP contribution in [-0.2, 0) is 0 Å². The van der Waals surface area contributed by atoms with Gasteiger partial charge in [-0.25, -0.2) is 9.97 Å². The van der Waals surface area contributed by atoms with Crippen molar-refractivity contribution in [3.8, 4) is 17.2 Å². The molecule has 204 valence electrons. The van der Waals surface area contributed by atoms with Crippen molar-refractivity contribution in [3.63, 3.8) is 0 Å². The summed E-state index contributed by atoms with van der Waals surface area (Å²) in [5.74, 6) is 0.653. The first-order valence-electron chi connectivity index (χ1n) is 14.7. The highest BCUT2D eigenvalue weighted by molar-refractivity contribution is 7.26. The molecule has 10 rings (SSSR count). The number of rotatable bonds is 2. The molecule has 0 spiro atoms. The highest BCUT2D eigenvalue weighted by Crippen LogP contribution is 2.42. The second-order valence-electron chi connectivity index (χ2n) is 11.3. The Balaban J connectivity index is 1.38. The summed E-state index contributed by atoms with van der Waals surface area (Å²) in [5.41, 5.74) is 4.96. The van der Waals surface area contributed by atoms with E-state index in [9.17, 15) is 0 Å². The first kappa shape index (κ1) is 23.9. The Morgan fingerprint density at radius 2 is 1.34 bits per heavy atom. The van der Waals surface area contributed by atoms with Crippen LogP contribution in [0.15, 0.2) is 134 Å². The Morgan fingerprint density at radius 3 is 2.25 bits per heavy atom. The number of fused-ring (bicyclic) bond motifs is 11. The Kier molecular flexibility index (Phi) is 4.84. The van der Waals surface area contributed by atoms with Gasteiger partial charge in [0, 0.05) is 59.7 Å². The first-order chi connectivity index (χ1) is 21.8. The normalized spacial score (nSPS) is 12.1. The third-order valence-corrected chi connectivity index (χ3v) is 10.0. The zero-order chi connectivity index (χ0) is 28.8. The van der Waals surface area contributed by atoms with Gasteiger partial charge in [0.15, 0.2) is 0 Å². The Hall–Kier alpha value is -5.65. The van der Waals surface area contributed by atoms with Gasteiger partial charge < -0.3 is 0 Å². The summed E-state index contributed by atoms with van der Waals surface area (Å²) in [7, 11) is 0. The molecule has 0 unspecified atom stereocenters. The lowest BCUT2D eigenvalue weighted by molar-refractivity contribution is 1.02. The molecular weight excluding hydrogens is 557 g/mol. The van der Waals surface area contributed by atoms with E-state index in [1.165, 1.54) is 41.7 Å². The average molecular weight is 579 g/mol. The molecule has 0 saturated carbocycles. The van der Waals surface area contributed by atoms with Crippen molar-refractivity contribution >= 4 is 85.8 Å². The number of nitrogens with zero attached hydrogens (tertiary/aromatic N) is 4. The van der Waals surface area contributed by atoms with Crippen molar-refractivity contribution in [1.82, 2.24) is 19.5 Å². The fraction of sp³-hybridized carbons (Fsp3) is 0. The van der Waals surface area contributed by atoms with Gasteiger partial charge in [0.25, 0.3) is 0 Å². The minimum absolute atomic E-state index is 0.653. The van der Waals surface area contributed by atoms with Crippen LogP contribution in [-0.4, -0.2) is 19.5 Å². The summed E-state index contributed by atoms with van der Waals surface area (Å²) in [6.07, 6.45) is 3.69. The lowest BCUT2D eigenvalue weighted by atomic mass is 10.0. The van der Waals surface area contributed by atoms with Crippen molar-refractivity contribution in [2.24, 2.45) is 0 Å². The molecule has 0 N–H and O–H groups in total. The predicted molar refractivity (Wildman–Crippen MR) is 185 cm³/mol. The molecule has 0 aliphatic rings. The SMILES string of the molecule is c1cncc(-c2nc(-n3c4ccccc4c4cc5ccc6sc7ccccc7c6c5cc43)nc3c2ccc2ccccc23)c1. The van der Waals surface area contributed by atoms with Crippen LogP contribution in [0.4, 0.5) is 0 Å². The smallest absolute Gasteiger partial charge is 0.235 e. The maximum Gasteiger partial charge on any atom is 0.235 e. The van der Waals surface area contributed by atoms with Gasteiger partial charge in [-0.05, 0) is 64.7 Å². The maximum absolute atomic E-state index is 5.35. The molecule has 0 bridgehead atoms. The van der Waals surface area contributed by atoms with Crippen LogP contribution in [0.5, 0.6) is 0 Å². The summed E-state index contributed by atoms with van der Waals surface area (Å²) in [4.78, 5) is 15.1. The molecule has 0 fully saturated rings. The molecule has 4 aromatic heterocycles. The third-order valence-electron chi connectivity index (χ3n) is 8.86. The van der Waals surface area contributed by atoms with E-state index in [0.717, 1.165) is 44.0 Å². The lowest BCUT2D eigenvalue weighted by Gasteiger charge is -2.13. The van der Waals surface area contributed by atoms with Crippen molar-refractivity contribution in [2.75, 3.05) is 0 Å². The van der Waals surface area contributed by atoms with Crippen molar-refractivity contribution in [3.05, 3.63) is 134 Å². The number of aromatic nitrogens is 4. The van der Waals surface area contributed by atoms with Crippen LogP contribution >= 0.6 is 11.3 Å². The zero-order valence-electron chi connectivity index (χ0n) is 23.4. The van der Waals surface area contributed by atoms with Gasteiger partial charge >= 0.3 is 0 Å². The monoisotopic (exact) mass is 578 g/mol. The molecule has 0 atom stereocenters. The standard InChI is InChI=1S/C39H22N4S/c1-2-10-26-23(8-1)15-17-29-37(25-9-7-19-40-22-25)41-39(42-38(26)29)43-32-13-5-3-11-27(32)31-20-24-16-18-35-36(30(24)21-33(31)43)28-12-4-6-14-34(28)44-35/h1-22H. The van der Waals surface area contributed by atoms with Crippen LogP contribution < -0.4 is 0 Å². The topological polar surface area (TPSA) is 43.6 Å². The quantitative estimate of drug-likeness (QED) is 0.192. The molecule has 0 aliphatic heterocycles. The highest BCUT2D eigenvalue weighted by Gasteiger charge is 2.20. The van der Waals surface area contributed by atoms with Gasteiger partial charge in [-0.15, -0.1) is 11.3 Å². The first-order valence-corrected chi connectivity index (χ1v) is 15.5. The van der Waals surface area contributed by atoms with Gasteiger partial charge in [0.1, 0.15) is 0 Å². The largest absolute Gasteiger partial charge is 0.278 e. The number of hydrogen-bond acceptors (Lipinski definition) is 4. The zero-order valence-corrected chi connectivity index (χ0v) is 24.2. The molecule has 0 saturated heterocycles. The van der Waals surface area contributed by atoms with Gasteiger partial charge in [-0.1, -0.05) is 72.8 Å². The number of pyridine rings is 1. The van der Waals surface area contributed by atoms with Crippen molar-refractivity contribution in [1.29, 1.82) is 0 Å². The van der Waals surface area contributed by atoms with Crippen molar-refractivity contribution in [2.45, 2.75) is 0 Å². The summed E-state index contributed by atoms with van der Waals surface area (Å²) < 4.78 is 4.85. The molecule has 10 aromatic rings. The summed E-state index contributed by atoms with van der Waals surface area (Å²) in [5, 5.41) is 10.7. The van der Waals surface area contributed by atoms with Crippen LogP contribution in [0.3, 0.4) is 0 Å². The minimum Gasteiger partial charge on any atom is -0.278 e. The van der Waals surface area contributed by atoms with Crippen molar-refractivity contribution < 1.29 is 0 Å². The Bertz CT molecular complexity index is 2780. The van der Waals surface area contributed by atoms with Gasteiger partial charge in [0.2, 0.25) is 5.95 Å². The van der Waals surface area contributed by atoms with Gasteiger partial charge in [-0.3, -0.25) is 9.55 Å². The molecular formula is C39H22N4S. The molecule has 5 heteroatoms. The minimum atomic E-state index is 0.653. The fourth-order valence-electron chi connectivity index (χ4n) is 6.90. The highest BCUT2D eigenvalue weighted by atomic mass is 32.1. The molecule has 0 radical (unpaired) electrons. The van der Waals surface area contributed by atoms with E-state index in [2.05, 4.69) is 125 Å². The van der Waals surface area contributed by atoms with Crippen LogP contribution in [0.25, 0.3) is 91.6 Å². The van der Waals surface area contributed by atoms with E-state index in [4.69, 9.17) is 9.97 Å². The second-order valence-corrected chi connectivity index (χ2v) is 12.4. The van der Waals surface area contributed by atoms with E-state index in [1.54, 1.807) is 6.20 Å². The molecule has 0 aliphatic carbocycles. The van der Waals surface area contributed by atoms with Crippen LogP contribution in [0, 0.1) is 0 Å². The predicted octanol–water partition coefficient (Wildman–Crippen LogP) is 10.5. The second kappa shape index (κ2) is 8.93. The maximum atomic E-state index is 5.35. The molecule has 4 nitrogen and oxygen atoms in total. The van der Waals surface area contributed by atoms with E-state index in [-0.39, 0.29) is 0 Å². The van der Waals surface area contributed by atoms with E-state index in [0.29, 0.717) is 5.95 Å². The molecule has 4 heterocycles. The number of hydrogen-bond donors (Lipinski definition) is 0. The number of para-hydroxylation sites is 1. The van der Waals surface area contributed by atoms with E-state index >= 15 is 0 Å². The Morgan fingerprint density at radius 1 is 0.523 bits per heavy atom. The van der Waals surface area contributed by atoms with Gasteiger partial charge in [0.05, 0.1) is 22.2 Å². The molecule has 0 amide bonds. The third kappa shape index (κ3) is 3.30. The fourth-order valence-corrected chi connectivity index (χ4v) is 8.02. The molecule has 44 heavy (non-hydrogen) atoms. The van der Waals surface area contributed by atoms with Crippen LogP contribution in [0.1, 0.15) is 0 Å². The van der Waals surface area contributed by atoms with Crippen LogP contribution in [0.2, 0.25) is 0 Å². The molecule has 6 aromatic carbocycles.